The molecule has 6 N–H and O–H groups in total. The standard InChI is InChI=1S/C6H14O3.C2H7NO/c1-2-6(3-7,4-8)5-9;3-1-2-4/h7-9H,2-5H2,1H3;4H,1-3H2. The molecule has 0 heterocycles. The summed E-state index contributed by atoms with van der Waals surface area (Å²) in [5.74, 6) is 0. The van der Waals surface area contributed by atoms with E-state index >= 15 is 0 Å². The summed E-state index contributed by atoms with van der Waals surface area (Å²) < 4.78 is 0. The van der Waals surface area contributed by atoms with E-state index in [-0.39, 0.29) is 26.4 Å². The third-order valence-electron chi connectivity index (χ3n) is 1.89. The van der Waals surface area contributed by atoms with Crippen LogP contribution >= 0.6 is 0 Å². The monoisotopic (exact) mass is 195 g/mol. The van der Waals surface area contributed by atoms with Crippen LogP contribution in [-0.4, -0.2) is 53.4 Å². The first-order chi connectivity index (χ1) is 6.16. The number of aliphatic hydroxyl groups excluding tert-OH is 4. The third kappa shape index (κ3) is 6.92. The lowest BCUT2D eigenvalue weighted by Crippen LogP contribution is -2.32. The highest BCUT2D eigenvalue weighted by Gasteiger charge is 2.24. The fourth-order valence-electron chi connectivity index (χ4n) is 0.485. The minimum Gasteiger partial charge on any atom is -0.396 e. The van der Waals surface area contributed by atoms with E-state index in [1.807, 2.05) is 6.92 Å². The largest absolute Gasteiger partial charge is 0.396 e. The zero-order valence-electron chi connectivity index (χ0n) is 8.11. The van der Waals surface area contributed by atoms with Crippen LogP contribution in [0.1, 0.15) is 13.3 Å². The van der Waals surface area contributed by atoms with E-state index in [1.165, 1.54) is 0 Å². The van der Waals surface area contributed by atoms with Gasteiger partial charge in [-0.3, -0.25) is 0 Å². The average Bonchev–Trinajstić information content (AvgIpc) is 2.23. The van der Waals surface area contributed by atoms with Crippen LogP contribution in [0.5, 0.6) is 0 Å². The van der Waals surface area contributed by atoms with Crippen LogP contribution in [0.4, 0.5) is 0 Å². The van der Waals surface area contributed by atoms with E-state index in [1.54, 1.807) is 0 Å². The quantitative estimate of drug-likeness (QED) is 0.359. The second-order valence-electron chi connectivity index (χ2n) is 2.84. The molecule has 0 unspecified atom stereocenters. The molecular formula is C8H21NO4. The molecule has 0 aromatic heterocycles. The molecule has 0 amide bonds. The molecule has 0 bridgehead atoms. The molecule has 0 rings (SSSR count). The lowest BCUT2D eigenvalue weighted by Gasteiger charge is -2.24. The van der Waals surface area contributed by atoms with Gasteiger partial charge in [-0.15, -0.1) is 0 Å². The summed E-state index contributed by atoms with van der Waals surface area (Å²) in [6.07, 6.45) is 0.594. The number of rotatable bonds is 5. The molecule has 0 aromatic carbocycles. The molecule has 0 aliphatic carbocycles. The van der Waals surface area contributed by atoms with E-state index in [0.29, 0.717) is 13.0 Å². The molecule has 0 aliphatic rings. The first-order valence-corrected chi connectivity index (χ1v) is 4.29. The summed E-state index contributed by atoms with van der Waals surface area (Å²) in [6, 6.07) is 0. The highest BCUT2D eigenvalue weighted by atomic mass is 16.3. The van der Waals surface area contributed by atoms with Gasteiger partial charge in [0.25, 0.3) is 0 Å². The Kier molecular flexibility index (Phi) is 11.6. The van der Waals surface area contributed by atoms with Gasteiger partial charge in [0.15, 0.2) is 0 Å². The lowest BCUT2D eigenvalue weighted by atomic mass is 9.88. The first-order valence-electron chi connectivity index (χ1n) is 4.29. The number of hydrogen-bond donors (Lipinski definition) is 5. The second-order valence-corrected chi connectivity index (χ2v) is 2.84. The van der Waals surface area contributed by atoms with Crippen LogP contribution in [-0.2, 0) is 0 Å². The van der Waals surface area contributed by atoms with Crippen LogP contribution in [0, 0.1) is 5.41 Å². The van der Waals surface area contributed by atoms with Crippen LogP contribution in [0.3, 0.4) is 0 Å². The Morgan fingerprint density at radius 3 is 1.31 bits per heavy atom. The summed E-state index contributed by atoms with van der Waals surface area (Å²) in [7, 11) is 0. The van der Waals surface area contributed by atoms with Gasteiger partial charge in [-0.25, -0.2) is 0 Å². The van der Waals surface area contributed by atoms with Crippen LogP contribution in [0.2, 0.25) is 0 Å². The normalized spacial score (nSPS) is 10.6. The van der Waals surface area contributed by atoms with Crippen molar-refractivity contribution in [1.29, 1.82) is 0 Å². The van der Waals surface area contributed by atoms with Gasteiger partial charge in [0.2, 0.25) is 0 Å². The summed E-state index contributed by atoms with van der Waals surface area (Å²) in [6.45, 7) is 1.83. The van der Waals surface area contributed by atoms with Gasteiger partial charge in [0.05, 0.1) is 26.4 Å². The maximum atomic E-state index is 8.66. The first kappa shape index (κ1) is 15.3. The van der Waals surface area contributed by atoms with Crippen LogP contribution < -0.4 is 5.73 Å². The van der Waals surface area contributed by atoms with Crippen molar-refractivity contribution >= 4 is 0 Å². The van der Waals surface area contributed by atoms with Gasteiger partial charge in [0.1, 0.15) is 0 Å². The van der Waals surface area contributed by atoms with Gasteiger partial charge in [-0.05, 0) is 6.42 Å². The van der Waals surface area contributed by atoms with E-state index in [9.17, 15) is 0 Å². The van der Waals surface area contributed by atoms with Crippen molar-refractivity contribution in [2.24, 2.45) is 11.1 Å². The smallest absolute Gasteiger partial charge is 0.0553 e. The Bertz CT molecular complexity index is 76.6. The van der Waals surface area contributed by atoms with Gasteiger partial charge in [0, 0.05) is 12.0 Å². The van der Waals surface area contributed by atoms with Crippen molar-refractivity contribution in [3.8, 4) is 0 Å². The Labute approximate surface area is 78.8 Å². The van der Waals surface area contributed by atoms with Crippen molar-refractivity contribution in [1.82, 2.24) is 0 Å². The predicted octanol–water partition coefficient (Wildman–Crippen LogP) is -1.70. The van der Waals surface area contributed by atoms with Crippen molar-refractivity contribution in [3.05, 3.63) is 0 Å². The molecule has 0 aliphatic heterocycles. The number of hydrogen-bond acceptors (Lipinski definition) is 5. The van der Waals surface area contributed by atoms with Crippen LogP contribution in [0.15, 0.2) is 0 Å². The molecule has 0 spiro atoms. The third-order valence-corrected chi connectivity index (χ3v) is 1.89. The average molecular weight is 195 g/mol. The van der Waals surface area contributed by atoms with E-state index < -0.39 is 5.41 Å². The maximum Gasteiger partial charge on any atom is 0.0553 e. The van der Waals surface area contributed by atoms with Crippen molar-refractivity contribution in [2.45, 2.75) is 13.3 Å². The zero-order chi connectivity index (χ0) is 10.7. The fraction of sp³-hybridized carbons (Fsp3) is 1.00. The summed E-state index contributed by atoms with van der Waals surface area (Å²) in [5.41, 5.74) is 4.11. The minimum absolute atomic E-state index is 0.0972. The summed E-state index contributed by atoms with van der Waals surface area (Å²) in [4.78, 5) is 0. The molecule has 5 heteroatoms. The Morgan fingerprint density at radius 1 is 1.00 bits per heavy atom. The number of aliphatic hydroxyl groups is 4. The van der Waals surface area contributed by atoms with Gasteiger partial charge in [-0.1, -0.05) is 6.92 Å². The Morgan fingerprint density at radius 2 is 1.31 bits per heavy atom. The summed E-state index contributed by atoms with van der Waals surface area (Å²) >= 11 is 0. The SMILES string of the molecule is CCC(CO)(CO)CO.NCCO. The fourth-order valence-corrected chi connectivity index (χ4v) is 0.485. The molecule has 0 atom stereocenters. The van der Waals surface area contributed by atoms with Crippen molar-refractivity contribution in [2.75, 3.05) is 33.0 Å². The van der Waals surface area contributed by atoms with Gasteiger partial charge < -0.3 is 26.2 Å². The molecule has 0 aromatic rings. The Balaban J connectivity index is 0. The molecule has 0 radical (unpaired) electrons. The maximum absolute atomic E-state index is 8.66. The summed E-state index contributed by atoms with van der Waals surface area (Å²) in [5, 5.41) is 33.7. The van der Waals surface area contributed by atoms with E-state index in [4.69, 9.17) is 26.2 Å². The zero-order valence-corrected chi connectivity index (χ0v) is 8.11. The van der Waals surface area contributed by atoms with Crippen molar-refractivity contribution < 1.29 is 20.4 Å². The minimum atomic E-state index is -0.667. The second kappa shape index (κ2) is 9.88. The molecular weight excluding hydrogens is 174 g/mol. The highest BCUT2D eigenvalue weighted by molar-refractivity contribution is 4.74. The van der Waals surface area contributed by atoms with Gasteiger partial charge in [-0.2, -0.15) is 0 Å². The van der Waals surface area contributed by atoms with Crippen LogP contribution in [0.25, 0.3) is 0 Å². The molecule has 13 heavy (non-hydrogen) atoms. The molecule has 0 saturated heterocycles. The Hall–Kier alpha value is -0.200. The number of nitrogens with two attached hydrogens (primary N) is 1. The van der Waals surface area contributed by atoms with E-state index in [2.05, 4.69) is 0 Å². The molecule has 0 saturated carbocycles. The highest BCUT2D eigenvalue weighted by Crippen LogP contribution is 2.18. The van der Waals surface area contributed by atoms with E-state index in [0.717, 1.165) is 0 Å². The topological polar surface area (TPSA) is 107 Å². The lowest BCUT2D eigenvalue weighted by molar-refractivity contribution is 0.00304. The predicted molar refractivity (Wildman–Crippen MR) is 50.1 cm³/mol. The van der Waals surface area contributed by atoms with Gasteiger partial charge >= 0.3 is 0 Å². The molecule has 5 nitrogen and oxygen atoms in total. The molecule has 82 valence electrons. The van der Waals surface area contributed by atoms with Crippen molar-refractivity contribution in [3.63, 3.8) is 0 Å². The molecule has 0 fully saturated rings.